The first-order chi connectivity index (χ1) is 10.1. The summed E-state index contributed by atoms with van der Waals surface area (Å²) in [6.45, 7) is 1.68. The molecule has 0 spiro atoms. The molecule has 0 radical (unpaired) electrons. The van der Waals surface area contributed by atoms with Crippen molar-refractivity contribution in [1.82, 2.24) is 16.0 Å². The minimum Gasteiger partial charge on any atom is -0.392 e. The zero-order valence-corrected chi connectivity index (χ0v) is 13.8. The third kappa shape index (κ3) is 5.66. The van der Waals surface area contributed by atoms with Crippen molar-refractivity contribution in [2.45, 2.75) is 39.0 Å². The fourth-order valence-corrected chi connectivity index (χ4v) is 2.68. The van der Waals surface area contributed by atoms with Crippen LogP contribution in [0.25, 0.3) is 0 Å². The third-order valence-electron chi connectivity index (χ3n) is 4.01. The number of nitrogens with one attached hydrogen (secondary N) is 3. The number of ketones is 1. The molecule has 0 saturated carbocycles. The van der Waals surface area contributed by atoms with Crippen LogP contribution in [0, 0.1) is 5.92 Å². The second-order valence-corrected chi connectivity index (χ2v) is 5.34. The Bertz CT molecular complexity index is 435. The van der Waals surface area contributed by atoms with Gasteiger partial charge in [-0.05, 0) is 39.0 Å². The topological polar surface area (TPSA) is 53.2 Å². The lowest BCUT2D eigenvalue weighted by molar-refractivity contribution is -0.119. The number of hydrogen-bond donors (Lipinski definition) is 3. The van der Waals surface area contributed by atoms with Crippen LogP contribution in [0.4, 0.5) is 0 Å². The van der Waals surface area contributed by atoms with Gasteiger partial charge in [-0.2, -0.15) is 0 Å². The zero-order valence-electron chi connectivity index (χ0n) is 13.8. The van der Waals surface area contributed by atoms with Crippen molar-refractivity contribution < 1.29 is 4.79 Å². The number of rotatable bonds is 4. The van der Waals surface area contributed by atoms with Gasteiger partial charge in [0.15, 0.2) is 0 Å². The van der Waals surface area contributed by atoms with Crippen LogP contribution in [0.2, 0.25) is 0 Å². The van der Waals surface area contributed by atoms with Gasteiger partial charge in [0.2, 0.25) is 0 Å². The monoisotopic (exact) mass is 291 g/mol. The first kappa shape index (κ1) is 17.3. The summed E-state index contributed by atoms with van der Waals surface area (Å²) in [5.74, 6) is 0.179. The van der Waals surface area contributed by atoms with Crippen LogP contribution in [0.15, 0.2) is 35.3 Å². The third-order valence-corrected chi connectivity index (χ3v) is 4.01. The number of Topliss-reactive ketones (excluding diaryl/α,β-unsaturated/α-hetero) is 1. The summed E-state index contributed by atoms with van der Waals surface area (Å²) in [6, 6.07) is 0. The van der Waals surface area contributed by atoms with E-state index in [9.17, 15) is 4.79 Å². The Morgan fingerprint density at radius 3 is 2.24 bits per heavy atom. The molecule has 0 fully saturated rings. The number of hydrogen-bond acceptors (Lipinski definition) is 4. The molecule has 0 amide bonds. The Labute approximate surface area is 128 Å². The van der Waals surface area contributed by atoms with E-state index in [0.29, 0.717) is 0 Å². The van der Waals surface area contributed by atoms with Gasteiger partial charge < -0.3 is 16.0 Å². The van der Waals surface area contributed by atoms with Crippen molar-refractivity contribution in [2.75, 3.05) is 21.1 Å². The molecule has 3 N–H and O–H groups in total. The van der Waals surface area contributed by atoms with Crippen molar-refractivity contribution in [3.05, 3.63) is 35.3 Å². The first-order valence-corrected chi connectivity index (χ1v) is 7.74. The second-order valence-electron chi connectivity index (χ2n) is 5.34. The van der Waals surface area contributed by atoms with Crippen LogP contribution in [0.3, 0.4) is 0 Å². The van der Waals surface area contributed by atoms with Gasteiger partial charge in [-0.15, -0.1) is 0 Å². The van der Waals surface area contributed by atoms with Gasteiger partial charge in [-0.1, -0.05) is 18.2 Å². The summed E-state index contributed by atoms with van der Waals surface area (Å²) in [5.41, 5.74) is 3.49. The minimum atomic E-state index is -0.0439. The molecule has 0 saturated heterocycles. The lowest BCUT2D eigenvalue weighted by Gasteiger charge is -2.19. The molecule has 1 unspecified atom stereocenters. The molecule has 1 aliphatic rings. The molecule has 4 nitrogen and oxygen atoms in total. The molecule has 0 heterocycles. The summed E-state index contributed by atoms with van der Waals surface area (Å²) < 4.78 is 0. The van der Waals surface area contributed by atoms with E-state index in [2.05, 4.69) is 34.2 Å². The van der Waals surface area contributed by atoms with Crippen LogP contribution >= 0.6 is 0 Å². The van der Waals surface area contributed by atoms with Gasteiger partial charge in [-0.3, -0.25) is 4.79 Å². The fourth-order valence-electron chi connectivity index (χ4n) is 2.68. The van der Waals surface area contributed by atoms with Crippen molar-refractivity contribution in [2.24, 2.45) is 5.92 Å². The predicted molar refractivity (Wildman–Crippen MR) is 88.7 cm³/mol. The Hall–Kier alpha value is -1.71. The summed E-state index contributed by atoms with van der Waals surface area (Å²) >= 11 is 0. The molecule has 1 aliphatic carbocycles. The molecule has 0 aromatic heterocycles. The highest BCUT2D eigenvalue weighted by molar-refractivity contribution is 5.81. The Balaban J connectivity index is 3.03. The van der Waals surface area contributed by atoms with Crippen LogP contribution < -0.4 is 16.0 Å². The van der Waals surface area contributed by atoms with Gasteiger partial charge in [-0.25, -0.2) is 0 Å². The summed E-state index contributed by atoms with van der Waals surface area (Å²) in [5, 5.41) is 9.71. The largest absolute Gasteiger partial charge is 0.392 e. The molecule has 4 heteroatoms. The molecular formula is C17H29N3O. The smallest absolute Gasteiger partial charge is 0.138 e. The highest BCUT2D eigenvalue weighted by Crippen LogP contribution is 2.21. The van der Waals surface area contributed by atoms with Crippen molar-refractivity contribution >= 4 is 5.78 Å². The average molecular weight is 291 g/mol. The second kappa shape index (κ2) is 9.27. The number of carbonyl (C=O) groups excluding carboxylic acids is 1. The van der Waals surface area contributed by atoms with E-state index in [0.717, 1.165) is 37.8 Å². The number of allylic oxidation sites excluding steroid dienone is 6. The van der Waals surface area contributed by atoms with E-state index >= 15 is 0 Å². The van der Waals surface area contributed by atoms with Crippen molar-refractivity contribution in [3.63, 3.8) is 0 Å². The Morgan fingerprint density at radius 2 is 1.67 bits per heavy atom. The summed E-state index contributed by atoms with van der Waals surface area (Å²) in [6.07, 6.45) is 11.2. The maximum Gasteiger partial charge on any atom is 0.138 e. The molecule has 1 rings (SSSR count). The zero-order chi connectivity index (χ0) is 15.7. The molecule has 118 valence electrons. The molecular weight excluding hydrogens is 262 g/mol. The van der Waals surface area contributed by atoms with E-state index in [1.54, 1.807) is 6.92 Å². The standard InChI is InChI=1S/C17H29N3O/c1-13(21)16-12-11-15(19-3)8-5-7-14(18-2)9-6-10-17(16)20-4/h8-10,16,18-20H,5-7,11-12H2,1-4H3. The fraction of sp³-hybridized carbons (Fsp3) is 0.588. The normalized spacial score (nSPS) is 21.0. The maximum absolute atomic E-state index is 12.0. The van der Waals surface area contributed by atoms with Crippen LogP contribution in [0.1, 0.15) is 39.0 Å². The Morgan fingerprint density at radius 1 is 1.00 bits per heavy atom. The van der Waals surface area contributed by atoms with Gasteiger partial charge in [0.1, 0.15) is 5.78 Å². The molecule has 0 aromatic rings. The highest BCUT2D eigenvalue weighted by atomic mass is 16.1. The van der Waals surface area contributed by atoms with Gasteiger partial charge in [0, 0.05) is 38.2 Å². The van der Waals surface area contributed by atoms with Gasteiger partial charge >= 0.3 is 0 Å². The quantitative estimate of drug-likeness (QED) is 0.745. The first-order valence-electron chi connectivity index (χ1n) is 7.74. The predicted octanol–water partition coefficient (Wildman–Crippen LogP) is 2.47. The van der Waals surface area contributed by atoms with Crippen LogP contribution in [0.5, 0.6) is 0 Å². The molecule has 0 bridgehead atoms. The molecule has 0 aliphatic heterocycles. The van der Waals surface area contributed by atoms with Crippen molar-refractivity contribution in [1.29, 1.82) is 0 Å². The van der Waals surface area contributed by atoms with Crippen molar-refractivity contribution in [3.8, 4) is 0 Å². The van der Waals surface area contributed by atoms with E-state index < -0.39 is 0 Å². The van der Waals surface area contributed by atoms with Crippen LogP contribution in [-0.2, 0) is 4.79 Å². The van der Waals surface area contributed by atoms with E-state index in [1.807, 2.05) is 21.1 Å². The number of carbonyl (C=O) groups is 1. The SMILES string of the molecule is CNC1=CCC=C(NC)C(C(C)=O)CCC(NC)=CCC1. The molecule has 0 aromatic carbocycles. The lowest BCUT2D eigenvalue weighted by atomic mass is 9.93. The van der Waals surface area contributed by atoms with Gasteiger partial charge in [0.25, 0.3) is 0 Å². The summed E-state index contributed by atoms with van der Waals surface area (Å²) in [7, 11) is 5.80. The lowest BCUT2D eigenvalue weighted by Crippen LogP contribution is -2.23. The summed E-state index contributed by atoms with van der Waals surface area (Å²) in [4.78, 5) is 12.0. The van der Waals surface area contributed by atoms with Gasteiger partial charge in [0.05, 0.1) is 5.92 Å². The average Bonchev–Trinajstić information content (AvgIpc) is 2.47. The van der Waals surface area contributed by atoms with Crippen LogP contribution in [-0.4, -0.2) is 26.9 Å². The van der Waals surface area contributed by atoms with E-state index in [-0.39, 0.29) is 11.7 Å². The Kier molecular flexibility index (Phi) is 7.65. The highest BCUT2D eigenvalue weighted by Gasteiger charge is 2.18. The van der Waals surface area contributed by atoms with E-state index in [4.69, 9.17) is 0 Å². The molecule has 21 heavy (non-hydrogen) atoms. The molecule has 1 atom stereocenters. The minimum absolute atomic E-state index is 0.0439. The maximum atomic E-state index is 12.0. The van der Waals surface area contributed by atoms with E-state index in [1.165, 1.54) is 11.4 Å².